The maximum atomic E-state index is 13.1. The van der Waals surface area contributed by atoms with Gasteiger partial charge in [0.2, 0.25) is 11.1 Å². The van der Waals surface area contributed by atoms with E-state index in [2.05, 4.69) is 26.0 Å². The van der Waals surface area contributed by atoms with Crippen molar-refractivity contribution < 1.29 is 14.1 Å². The van der Waals surface area contributed by atoms with Gasteiger partial charge in [0.05, 0.1) is 7.11 Å². The van der Waals surface area contributed by atoms with Crippen molar-refractivity contribution in [1.82, 2.24) is 25.4 Å². The van der Waals surface area contributed by atoms with E-state index in [1.165, 1.54) is 11.8 Å². The molecular formula is C20H18N6O3S. The number of anilines is 1. The Bertz CT molecular complexity index is 1140. The number of nitrogens with one attached hydrogen (secondary N) is 1. The molecule has 1 N–H and O–H groups in total. The number of ether oxygens (including phenoxy) is 1. The summed E-state index contributed by atoms with van der Waals surface area (Å²) in [5, 5.41) is 18.4. The number of rotatable bonds is 7. The monoisotopic (exact) mass is 422 g/mol. The Hall–Kier alpha value is -3.66. The lowest BCUT2D eigenvalue weighted by Gasteiger charge is -2.16. The van der Waals surface area contributed by atoms with E-state index in [0.717, 1.165) is 5.56 Å². The van der Waals surface area contributed by atoms with Gasteiger partial charge in [-0.05, 0) is 35.0 Å². The highest BCUT2D eigenvalue weighted by atomic mass is 32.2. The number of benzene rings is 2. The average molecular weight is 422 g/mol. The summed E-state index contributed by atoms with van der Waals surface area (Å²) in [4.78, 5) is 13.1. The number of tetrazole rings is 1. The standard InChI is InChI=1S/C20H18N6O3S/c1-13-12-17(23-29-13)21-19(27)18(14-8-4-3-5-9-14)30-20-22-24-25-26(20)15-10-6-7-11-16(15)28-2/h3-12,18H,1-2H3,(H,21,23,27). The summed E-state index contributed by atoms with van der Waals surface area (Å²) in [6, 6.07) is 18.4. The molecule has 0 radical (unpaired) electrons. The molecule has 1 unspecified atom stereocenters. The fourth-order valence-electron chi connectivity index (χ4n) is 2.83. The molecule has 2 aromatic carbocycles. The smallest absolute Gasteiger partial charge is 0.243 e. The molecule has 1 amide bonds. The molecule has 0 aliphatic rings. The predicted octanol–water partition coefficient (Wildman–Crippen LogP) is 3.44. The number of amides is 1. The third-order valence-electron chi connectivity index (χ3n) is 4.20. The van der Waals surface area contributed by atoms with Crippen molar-refractivity contribution in [2.24, 2.45) is 0 Å². The Morgan fingerprint density at radius 1 is 1.17 bits per heavy atom. The lowest BCUT2D eigenvalue weighted by atomic mass is 10.1. The number of para-hydroxylation sites is 2. The number of nitrogens with zero attached hydrogens (tertiary/aromatic N) is 5. The number of methoxy groups -OCH3 is 1. The summed E-state index contributed by atoms with van der Waals surface area (Å²) >= 11 is 1.22. The first-order chi connectivity index (χ1) is 14.7. The third-order valence-corrected chi connectivity index (χ3v) is 5.38. The molecule has 0 aliphatic heterocycles. The number of hydrogen-bond acceptors (Lipinski definition) is 8. The quantitative estimate of drug-likeness (QED) is 0.451. The van der Waals surface area contributed by atoms with Gasteiger partial charge in [-0.3, -0.25) is 4.79 Å². The van der Waals surface area contributed by atoms with E-state index in [1.807, 2.05) is 54.6 Å². The van der Waals surface area contributed by atoms with E-state index in [4.69, 9.17) is 9.26 Å². The Morgan fingerprint density at radius 2 is 1.93 bits per heavy atom. The van der Waals surface area contributed by atoms with Gasteiger partial charge in [0.1, 0.15) is 22.4 Å². The third kappa shape index (κ3) is 4.18. The normalized spacial score (nSPS) is 11.8. The van der Waals surface area contributed by atoms with E-state index in [1.54, 1.807) is 24.8 Å². The van der Waals surface area contributed by atoms with Crippen LogP contribution in [-0.2, 0) is 4.79 Å². The zero-order valence-corrected chi connectivity index (χ0v) is 17.0. The van der Waals surface area contributed by atoms with Gasteiger partial charge in [0.15, 0.2) is 5.82 Å². The Kier molecular flexibility index (Phi) is 5.75. The number of carbonyl (C=O) groups is 1. The highest BCUT2D eigenvalue weighted by Gasteiger charge is 2.26. The average Bonchev–Trinajstić information content (AvgIpc) is 3.41. The van der Waals surface area contributed by atoms with Crippen LogP contribution in [0.3, 0.4) is 0 Å². The number of aromatic nitrogens is 5. The zero-order chi connectivity index (χ0) is 20.9. The first-order valence-electron chi connectivity index (χ1n) is 9.03. The molecule has 9 nitrogen and oxygen atoms in total. The Labute approximate surface area is 176 Å². The minimum Gasteiger partial charge on any atom is -0.494 e. The molecule has 4 aromatic rings. The van der Waals surface area contributed by atoms with E-state index in [0.29, 0.717) is 28.2 Å². The molecule has 0 bridgehead atoms. The predicted molar refractivity (Wildman–Crippen MR) is 111 cm³/mol. The fraction of sp³-hybridized carbons (Fsp3) is 0.150. The molecule has 2 aromatic heterocycles. The zero-order valence-electron chi connectivity index (χ0n) is 16.2. The van der Waals surface area contributed by atoms with Crippen molar-refractivity contribution in [3.63, 3.8) is 0 Å². The SMILES string of the molecule is COc1ccccc1-n1nnnc1SC(C(=O)Nc1cc(C)on1)c1ccccc1. The summed E-state index contributed by atoms with van der Waals surface area (Å²) in [6.07, 6.45) is 0. The second kappa shape index (κ2) is 8.78. The molecule has 0 saturated heterocycles. The fourth-order valence-corrected chi connectivity index (χ4v) is 3.82. The van der Waals surface area contributed by atoms with Crippen molar-refractivity contribution in [2.45, 2.75) is 17.3 Å². The summed E-state index contributed by atoms with van der Waals surface area (Å²) in [5.41, 5.74) is 1.47. The highest BCUT2D eigenvalue weighted by molar-refractivity contribution is 8.00. The van der Waals surface area contributed by atoms with Gasteiger partial charge in [0, 0.05) is 6.07 Å². The van der Waals surface area contributed by atoms with E-state index in [9.17, 15) is 4.79 Å². The Balaban J connectivity index is 1.67. The van der Waals surface area contributed by atoms with Crippen molar-refractivity contribution in [1.29, 1.82) is 0 Å². The lowest BCUT2D eigenvalue weighted by Crippen LogP contribution is -2.19. The largest absolute Gasteiger partial charge is 0.494 e. The molecule has 2 heterocycles. The van der Waals surface area contributed by atoms with Crippen molar-refractivity contribution in [3.8, 4) is 11.4 Å². The van der Waals surface area contributed by atoms with Crippen LogP contribution in [0, 0.1) is 6.92 Å². The lowest BCUT2D eigenvalue weighted by molar-refractivity contribution is -0.115. The van der Waals surface area contributed by atoms with E-state index in [-0.39, 0.29) is 5.91 Å². The van der Waals surface area contributed by atoms with Crippen molar-refractivity contribution in [2.75, 3.05) is 12.4 Å². The summed E-state index contributed by atoms with van der Waals surface area (Å²) in [7, 11) is 1.58. The highest BCUT2D eigenvalue weighted by Crippen LogP contribution is 2.36. The van der Waals surface area contributed by atoms with Crippen molar-refractivity contribution >= 4 is 23.5 Å². The second-order valence-electron chi connectivity index (χ2n) is 6.27. The molecule has 0 aliphatic carbocycles. The van der Waals surface area contributed by atoms with E-state index < -0.39 is 5.25 Å². The molecule has 10 heteroatoms. The van der Waals surface area contributed by atoms with Crippen LogP contribution in [0.1, 0.15) is 16.6 Å². The van der Waals surface area contributed by atoms with Crippen LogP contribution in [0.5, 0.6) is 5.75 Å². The first kappa shape index (κ1) is 19.6. The van der Waals surface area contributed by atoms with Crippen LogP contribution >= 0.6 is 11.8 Å². The molecule has 0 spiro atoms. The maximum absolute atomic E-state index is 13.1. The van der Waals surface area contributed by atoms with Gasteiger partial charge >= 0.3 is 0 Å². The number of aryl methyl sites for hydroxylation is 1. The summed E-state index contributed by atoms with van der Waals surface area (Å²) in [6.45, 7) is 1.76. The maximum Gasteiger partial charge on any atom is 0.243 e. The minimum absolute atomic E-state index is 0.269. The van der Waals surface area contributed by atoms with Crippen LogP contribution < -0.4 is 10.1 Å². The van der Waals surface area contributed by atoms with E-state index >= 15 is 0 Å². The van der Waals surface area contributed by atoms with Gasteiger partial charge in [-0.1, -0.05) is 59.4 Å². The molecule has 152 valence electrons. The minimum atomic E-state index is -0.623. The second-order valence-corrected chi connectivity index (χ2v) is 7.34. The molecule has 0 fully saturated rings. The molecule has 30 heavy (non-hydrogen) atoms. The van der Waals surface area contributed by atoms with Gasteiger partial charge in [-0.15, -0.1) is 5.10 Å². The van der Waals surface area contributed by atoms with Crippen LogP contribution in [0.4, 0.5) is 5.82 Å². The van der Waals surface area contributed by atoms with Crippen molar-refractivity contribution in [3.05, 3.63) is 72.0 Å². The van der Waals surface area contributed by atoms with Gasteiger partial charge in [-0.25, -0.2) is 0 Å². The van der Waals surface area contributed by atoms with Gasteiger partial charge in [0.25, 0.3) is 0 Å². The van der Waals surface area contributed by atoms with Crippen LogP contribution in [0.15, 0.2) is 70.3 Å². The van der Waals surface area contributed by atoms with Crippen LogP contribution in [-0.4, -0.2) is 38.4 Å². The number of carbonyl (C=O) groups excluding carboxylic acids is 1. The first-order valence-corrected chi connectivity index (χ1v) is 9.91. The molecule has 1 atom stereocenters. The van der Waals surface area contributed by atoms with Gasteiger partial charge in [-0.2, -0.15) is 4.68 Å². The van der Waals surface area contributed by atoms with Gasteiger partial charge < -0.3 is 14.6 Å². The topological polar surface area (TPSA) is 108 Å². The summed E-state index contributed by atoms with van der Waals surface area (Å²) < 4.78 is 12.0. The molecular weight excluding hydrogens is 404 g/mol. The molecule has 4 rings (SSSR count). The number of hydrogen-bond donors (Lipinski definition) is 1. The Morgan fingerprint density at radius 3 is 2.67 bits per heavy atom. The van der Waals surface area contributed by atoms with Crippen LogP contribution in [0.2, 0.25) is 0 Å². The number of thioether (sulfide) groups is 1. The van der Waals surface area contributed by atoms with Crippen LogP contribution in [0.25, 0.3) is 5.69 Å². The summed E-state index contributed by atoms with van der Waals surface area (Å²) in [5.74, 6) is 1.30. The molecule has 0 saturated carbocycles.